The average molecular weight is 232 g/mol. The standard InChI is InChI=1S/C16H26N/c1-13(2)7-6-8-14(3)15-9-11-16(4,17-5)12-10-15/h5,7-8,15H,6,9-12H2,1-4H3/q+1. The van der Waals surface area contributed by atoms with Gasteiger partial charge in [-0.15, -0.1) is 0 Å². The zero-order valence-electron chi connectivity index (χ0n) is 11.8. The molecule has 0 aliphatic heterocycles. The Labute approximate surface area is 106 Å². The van der Waals surface area contributed by atoms with Gasteiger partial charge >= 0.3 is 0 Å². The van der Waals surface area contributed by atoms with Crippen LogP contribution in [0.4, 0.5) is 0 Å². The van der Waals surface area contributed by atoms with Gasteiger partial charge in [0.1, 0.15) is 0 Å². The highest BCUT2D eigenvalue weighted by molar-refractivity contribution is 5.11. The molecule has 0 amide bonds. The van der Waals surface area contributed by atoms with Gasteiger partial charge in [0.05, 0.1) is 0 Å². The van der Waals surface area contributed by atoms with Crippen molar-refractivity contribution in [2.75, 3.05) is 0 Å². The third kappa shape index (κ3) is 4.38. The van der Waals surface area contributed by atoms with Gasteiger partial charge in [-0.1, -0.05) is 28.1 Å². The van der Waals surface area contributed by atoms with E-state index in [0.29, 0.717) is 0 Å². The monoisotopic (exact) mass is 232 g/mol. The lowest BCUT2D eigenvalue weighted by Gasteiger charge is -2.27. The first-order valence-electron chi connectivity index (χ1n) is 6.69. The van der Waals surface area contributed by atoms with Crippen molar-refractivity contribution in [3.05, 3.63) is 28.1 Å². The first-order valence-corrected chi connectivity index (χ1v) is 6.69. The predicted molar refractivity (Wildman–Crippen MR) is 76.5 cm³/mol. The lowest BCUT2D eigenvalue weighted by molar-refractivity contribution is 0.311. The van der Waals surface area contributed by atoms with E-state index in [2.05, 4.69) is 44.7 Å². The fraction of sp³-hybridized carbons (Fsp3) is 0.688. The average Bonchev–Trinajstić information content (AvgIpc) is 2.29. The summed E-state index contributed by atoms with van der Waals surface area (Å²) in [6, 6.07) is 0. The topological polar surface area (TPSA) is 4.36 Å². The third-order valence-electron chi connectivity index (χ3n) is 3.98. The molecule has 0 radical (unpaired) electrons. The Bertz CT molecular complexity index is 342. The summed E-state index contributed by atoms with van der Waals surface area (Å²) in [6.45, 7) is 14.2. The molecule has 1 aliphatic carbocycles. The summed E-state index contributed by atoms with van der Waals surface area (Å²) in [6.07, 6.45) is 10.4. The fourth-order valence-corrected chi connectivity index (χ4v) is 2.47. The van der Waals surface area contributed by atoms with Crippen molar-refractivity contribution >= 4 is 0 Å². The number of hydrogen-bond donors (Lipinski definition) is 0. The molecule has 0 heterocycles. The molecule has 0 N–H and O–H groups in total. The molecule has 1 heteroatoms. The van der Waals surface area contributed by atoms with E-state index in [0.717, 1.165) is 25.2 Å². The highest BCUT2D eigenvalue weighted by Crippen LogP contribution is 2.37. The van der Waals surface area contributed by atoms with Crippen LogP contribution in [0.5, 0.6) is 0 Å². The summed E-state index contributed by atoms with van der Waals surface area (Å²) in [5.41, 5.74) is 2.98. The number of rotatable bonds is 3. The summed E-state index contributed by atoms with van der Waals surface area (Å²) in [7, 11) is 0. The quantitative estimate of drug-likeness (QED) is 0.589. The van der Waals surface area contributed by atoms with Gasteiger partial charge in [0, 0.05) is 19.8 Å². The van der Waals surface area contributed by atoms with Gasteiger partial charge in [-0.05, 0) is 46.0 Å². The maximum Gasteiger partial charge on any atom is 0.278 e. The van der Waals surface area contributed by atoms with Crippen molar-refractivity contribution in [3.63, 3.8) is 0 Å². The minimum Gasteiger partial charge on any atom is -0.0821 e. The van der Waals surface area contributed by atoms with E-state index >= 15 is 0 Å². The van der Waals surface area contributed by atoms with Crippen LogP contribution < -0.4 is 0 Å². The van der Waals surface area contributed by atoms with Gasteiger partial charge in [-0.25, -0.2) is 0 Å². The van der Waals surface area contributed by atoms with Gasteiger partial charge in [0.15, 0.2) is 0 Å². The van der Waals surface area contributed by atoms with E-state index in [-0.39, 0.29) is 5.54 Å². The molecule has 0 saturated heterocycles. The van der Waals surface area contributed by atoms with Crippen LogP contribution in [0.25, 0.3) is 4.85 Å². The molecular weight excluding hydrogens is 206 g/mol. The molecule has 1 rings (SSSR count). The second kappa shape index (κ2) is 6.05. The molecule has 17 heavy (non-hydrogen) atoms. The second-order valence-electron chi connectivity index (χ2n) is 5.87. The number of allylic oxidation sites excluding steroid dienone is 4. The van der Waals surface area contributed by atoms with Crippen molar-refractivity contribution in [3.8, 4) is 6.57 Å². The molecule has 1 fully saturated rings. The van der Waals surface area contributed by atoms with E-state index in [9.17, 15) is 0 Å². The van der Waals surface area contributed by atoms with Crippen molar-refractivity contribution in [2.45, 2.75) is 65.3 Å². The van der Waals surface area contributed by atoms with Crippen molar-refractivity contribution in [2.24, 2.45) is 5.92 Å². The molecule has 1 aliphatic rings. The Balaban J connectivity index is 2.49. The molecular formula is C16H26N+. The van der Waals surface area contributed by atoms with Crippen LogP contribution in [0.15, 0.2) is 23.3 Å². The van der Waals surface area contributed by atoms with E-state index in [1.807, 2.05) is 0 Å². The van der Waals surface area contributed by atoms with Crippen molar-refractivity contribution in [1.82, 2.24) is 0 Å². The van der Waals surface area contributed by atoms with Crippen molar-refractivity contribution in [1.29, 1.82) is 0 Å². The Kier molecular flexibility index (Phi) is 5.00. The zero-order chi connectivity index (χ0) is 12.9. The van der Waals surface area contributed by atoms with Crippen LogP contribution >= 0.6 is 0 Å². The zero-order valence-corrected chi connectivity index (χ0v) is 11.8. The smallest absolute Gasteiger partial charge is 0.0821 e. The maximum absolute atomic E-state index is 5.48. The fourth-order valence-electron chi connectivity index (χ4n) is 2.47. The first-order chi connectivity index (χ1) is 7.97. The Hall–Kier alpha value is -1.03. The molecule has 0 aromatic rings. The molecule has 0 aromatic carbocycles. The molecule has 1 saturated carbocycles. The lowest BCUT2D eigenvalue weighted by Crippen LogP contribution is -2.27. The number of nitrogens with zero attached hydrogens (tertiary/aromatic N) is 1. The Morgan fingerprint density at radius 1 is 1.24 bits per heavy atom. The largest absolute Gasteiger partial charge is 0.278 e. The Morgan fingerprint density at radius 3 is 2.29 bits per heavy atom. The SMILES string of the molecule is C#[N+]C1(C)CCC(C(C)=CCC=C(C)C)CC1. The van der Waals surface area contributed by atoms with Crippen LogP contribution in [-0.2, 0) is 0 Å². The molecule has 0 spiro atoms. The molecule has 0 atom stereocenters. The van der Waals surface area contributed by atoms with E-state index in [4.69, 9.17) is 6.57 Å². The van der Waals surface area contributed by atoms with Gasteiger partial charge in [0.2, 0.25) is 0 Å². The first kappa shape index (κ1) is 14.0. The molecule has 0 bridgehead atoms. The molecule has 0 aromatic heterocycles. The Morgan fingerprint density at radius 2 is 1.82 bits per heavy atom. The normalized spacial score (nSPS) is 29.6. The van der Waals surface area contributed by atoms with E-state index in [1.54, 1.807) is 5.57 Å². The highest BCUT2D eigenvalue weighted by Gasteiger charge is 2.39. The van der Waals surface area contributed by atoms with Gasteiger partial charge in [-0.3, -0.25) is 0 Å². The maximum atomic E-state index is 5.48. The van der Waals surface area contributed by atoms with Gasteiger partial charge in [-0.2, -0.15) is 0 Å². The van der Waals surface area contributed by atoms with Crippen LogP contribution in [0.2, 0.25) is 0 Å². The van der Waals surface area contributed by atoms with Crippen LogP contribution in [0, 0.1) is 12.5 Å². The van der Waals surface area contributed by atoms with E-state index < -0.39 is 0 Å². The summed E-state index contributed by atoms with van der Waals surface area (Å²) in [5.74, 6) is 0.746. The molecule has 94 valence electrons. The second-order valence-corrected chi connectivity index (χ2v) is 5.87. The highest BCUT2D eigenvalue weighted by atomic mass is 14.8. The summed E-state index contributed by atoms with van der Waals surface area (Å²) in [4.78, 5) is 4.03. The van der Waals surface area contributed by atoms with Gasteiger partial charge in [0.25, 0.3) is 12.1 Å². The molecule has 1 nitrogen and oxygen atoms in total. The van der Waals surface area contributed by atoms with Crippen LogP contribution in [-0.4, -0.2) is 5.54 Å². The van der Waals surface area contributed by atoms with E-state index in [1.165, 1.54) is 18.4 Å². The summed E-state index contributed by atoms with van der Waals surface area (Å²) < 4.78 is 0. The van der Waals surface area contributed by atoms with Crippen LogP contribution in [0.1, 0.15) is 59.8 Å². The summed E-state index contributed by atoms with van der Waals surface area (Å²) >= 11 is 0. The van der Waals surface area contributed by atoms with Gasteiger partial charge < -0.3 is 0 Å². The summed E-state index contributed by atoms with van der Waals surface area (Å²) in [5, 5.41) is 0. The minimum atomic E-state index is 0.0384. The predicted octanol–water partition coefficient (Wildman–Crippen LogP) is 5.20. The van der Waals surface area contributed by atoms with Crippen molar-refractivity contribution < 1.29 is 0 Å². The third-order valence-corrected chi connectivity index (χ3v) is 3.98. The van der Waals surface area contributed by atoms with Crippen LogP contribution in [0.3, 0.4) is 0 Å². The number of hydrogen-bond acceptors (Lipinski definition) is 0. The minimum absolute atomic E-state index is 0.0384. The lowest BCUT2D eigenvalue weighted by atomic mass is 9.75. The molecule has 0 unspecified atom stereocenters.